The zero-order valence-corrected chi connectivity index (χ0v) is 13.6. The highest BCUT2D eigenvalue weighted by Gasteiger charge is 2.36. The van der Waals surface area contributed by atoms with Crippen LogP contribution >= 0.6 is 0 Å². The molecule has 0 aromatic rings. The first-order chi connectivity index (χ1) is 9.89. The second kappa shape index (κ2) is 8.56. The lowest BCUT2D eigenvalue weighted by molar-refractivity contribution is -0.0560. The number of rotatable bonds is 7. The molecule has 124 valence electrons. The topological polar surface area (TPSA) is 68.2 Å². The maximum atomic E-state index is 12.3. The van der Waals surface area contributed by atoms with Crippen molar-refractivity contribution in [3.05, 3.63) is 0 Å². The summed E-state index contributed by atoms with van der Waals surface area (Å²) >= 11 is 0. The molecule has 6 nitrogen and oxygen atoms in total. The van der Waals surface area contributed by atoms with Gasteiger partial charge in [-0.05, 0) is 40.0 Å². The summed E-state index contributed by atoms with van der Waals surface area (Å²) in [5.74, 6) is 0.0974. The molecular weight excluding hydrogens is 274 g/mol. The van der Waals surface area contributed by atoms with Crippen molar-refractivity contribution in [2.45, 2.75) is 51.7 Å². The Balaban J connectivity index is 2.64. The maximum Gasteiger partial charge on any atom is 0.410 e. The molecule has 1 N–H and O–H groups in total. The largest absolute Gasteiger partial charge is 0.444 e. The number of ether oxygens (including phenoxy) is 3. The summed E-state index contributed by atoms with van der Waals surface area (Å²) in [6.07, 6.45) is 2.20. The zero-order valence-electron chi connectivity index (χ0n) is 13.6. The molecule has 1 aliphatic heterocycles. The van der Waals surface area contributed by atoms with Crippen LogP contribution in [0.2, 0.25) is 0 Å². The van der Waals surface area contributed by atoms with E-state index in [9.17, 15) is 9.90 Å². The van der Waals surface area contributed by atoms with E-state index in [0.29, 0.717) is 19.6 Å². The molecule has 1 saturated heterocycles. The number of methoxy groups -OCH3 is 1. The number of carbonyl (C=O) groups excluding carboxylic acids is 1. The molecule has 1 fully saturated rings. The summed E-state index contributed by atoms with van der Waals surface area (Å²) in [6.45, 7) is 7.07. The first-order valence-corrected chi connectivity index (χ1v) is 7.56. The first-order valence-electron chi connectivity index (χ1n) is 7.56. The Hall–Kier alpha value is -0.850. The lowest BCUT2D eigenvalue weighted by Gasteiger charge is -2.33. The minimum Gasteiger partial charge on any atom is -0.444 e. The predicted molar refractivity (Wildman–Crippen MR) is 79.0 cm³/mol. The van der Waals surface area contributed by atoms with Gasteiger partial charge < -0.3 is 24.2 Å². The second-order valence-electron chi connectivity index (χ2n) is 6.43. The average molecular weight is 303 g/mol. The van der Waals surface area contributed by atoms with E-state index in [4.69, 9.17) is 14.2 Å². The molecule has 0 aromatic carbocycles. The highest BCUT2D eigenvalue weighted by atomic mass is 16.7. The third-order valence-electron chi connectivity index (χ3n) is 3.50. The Morgan fingerprint density at radius 1 is 1.43 bits per heavy atom. The fourth-order valence-electron chi connectivity index (χ4n) is 2.67. The van der Waals surface area contributed by atoms with Crippen molar-refractivity contribution in [1.29, 1.82) is 0 Å². The summed E-state index contributed by atoms with van der Waals surface area (Å²) in [6, 6.07) is 0.0591. The van der Waals surface area contributed by atoms with Crippen LogP contribution in [0.4, 0.5) is 4.79 Å². The standard InChI is InChI=1S/C15H29NO5/c1-15(2,3)21-14(18)16-8-5-6-13(16)12(7-9-17)10-20-11-19-4/h12-13,17H,5-11H2,1-4H3/t12-,13+/m1/s1. The van der Waals surface area contributed by atoms with Gasteiger partial charge in [0.25, 0.3) is 0 Å². The molecule has 0 radical (unpaired) electrons. The van der Waals surface area contributed by atoms with E-state index >= 15 is 0 Å². The van der Waals surface area contributed by atoms with Crippen LogP contribution in [0.25, 0.3) is 0 Å². The van der Waals surface area contributed by atoms with E-state index in [-0.39, 0.29) is 31.5 Å². The minimum atomic E-state index is -0.497. The number of amides is 1. The van der Waals surface area contributed by atoms with Crippen LogP contribution in [0, 0.1) is 5.92 Å². The highest BCUT2D eigenvalue weighted by Crippen LogP contribution is 2.28. The smallest absolute Gasteiger partial charge is 0.410 e. The van der Waals surface area contributed by atoms with Gasteiger partial charge in [-0.15, -0.1) is 0 Å². The molecule has 1 aliphatic rings. The van der Waals surface area contributed by atoms with Crippen molar-refractivity contribution in [3.8, 4) is 0 Å². The molecule has 0 aliphatic carbocycles. The fourth-order valence-corrected chi connectivity index (χ4v) is 2.67. The molecule has 1 amide bonds. The monoisotopic (exact) mass is 303 g/mol. The number of aliphatic hydroxyl groups is 1. The van der Waals surface area contributed by atoms with E-state index < -0.39 is 5.60 Å². The summed E-state index contributed by atoms with van der Waals surface area (Å²) in [5, 5.41) is 9.24. The quantitative estimate of drug-likeness (QED) is 0.575. The van der Waals surface area contributed by atoms with Crippen LogP contribution in [0.15, 0.2) is 0 Å². The van der Waals surface area contributed by atoms with Crippen LogP contribution in [0.1, 0.15) is 40.0 Å². The molecule has 6 heteroatoms. The lowest BCUT2D eigenvalue weighted by atomic mass is 9.95. The van der Waals surface area contributed by atoms with E-state index in [0.717, 1.165) is 12.8 Å². The van der Waals surface area contributed by atoms with Crippen molar-refractivity contribution in [2.24, 2.45) is 5.92 Å². The third-order valence-corrected chi connectivity index (χ3v) is 3.50. The first kappa shape index (κ1) is 18.2. The van der Waals surface area contributed by atoms with Crippen molar-refractivity contribution in [1.82, 2.24) is 4.90 Å². The van der Waals surface area contributed by atoms with Gasteiger partial charge in [0.2, 0.25) is 0 Å². The Bertz CT molecular complexity index is 316. The van der Waals surface area contributed by atoms with E-state index in [2.05, 4.69) is 0 Å². The molecule has 1 heterocycles. The van der Waals surface area contributed by atoms with Crippen LogP contribution in [0.5, 0.6) is 0 Å². The number of nitrogens with zero attached hydrogens (tertiary/aromatic N) is 1. The van der Waals surface area contributed by atoms with Gasteiger partial charge in [0.15, 0.2) is 0 Å². The molecule has 0 bridgehead atoms. The van der Waals surface area contributed by atoms with Gasteiger partial charge in [0.05, 0.1) is 6.61 Å². The summed E-state index contributed by atoms with van der Waals surface area (Å²) in [5.41, 5.74) is -0.497. The van der Waals surface area contributed by atoms with E-state index in [1.165, 1.54) is 0 Å². The van der Waals surface area contributed by atoms with Gasteiger partial charge in [-0.25, -0.2) is 4.79 Å². The Morgan fingerprint density at radius 3 is 2.71 bits per heavy atom. The number of likely N-dealkylation sites (tertiary alicyclic amines) is 1. The molecule has 0 aromatic heterocycles. The van der Waals surface area contributed by atoms with Crippen LogP contribution in [-0.2, 0) is 14.2 Å². The van der Waals surface area contributed by atoms with E-state index in [1.807, 2.05) is 20.8 Å². The van der Waals surface area contributed by atoms with Gasteiger partial charge in [-0.3, -0.25) is 0 Å². The summed E-state index contributed by atoms with van der Waals surface area (Å²) < 4.78 is 15.8. The van der Waals surface area contributed by atoms with Gasteiger partial charge in [-0.2, -0.15) is 0 Å². The number of carbonyl (C=O) groups is 1. The summed E-state index contributed by atoms with van der Waals surface area (Å²) in [4.78, 5) is 14.1. The molecule has 0 spiro atoms. The van der Waals surface area contributed by atoms with E-state index in [1.54, 1.807) is 12.0 Å². The minimum absolute atomic E-state index is 0.0591. The molecule has 2 atom stereocenters. The van der Waals surface area contributed by atoms with Crippen molar-refractivity contribution >= 4 is 6.09 Å². The van der Waals surface area contributed by atoms with Crippen LogP contribution < -0.4 is 0 Å². The van der Waals surface area contributed by atoms with Gasteiger partial charge >= 0.3 is 6.09 Å². The molecule has 0 saturated carbocycles. The number of aliphatic hydroxyl groups excluding tert-OH is 1. The third kappa shape index (κ3) is 6.20. The van der Waals surface area contributed by atoms with Crippen molar-refractivity contribution in [3.63, 3.8) is 0 Å². The molecular formula is C15H29NO5. The zero-order chi connectivity index (χ0) is 15.9. The highest BCUT2D eigenvalue weighted by molar-refractivity contribution is 5.69. The maximum absolute atomic E-state index is 12.3. The summed E-state index contributed by atoms with van der Waals surface area (Å²) in [7, 11) is 1.57. The lowest BCUT2D eigenvalue weighted by Crippen LogP contribution is -2.44. The predicted octanol–water partition coefficient (Wildman–Crippen LogP) is 2.00. The van der Waals surface area contributed by atoms with Gasteiger partial charge in [-0.1, -0.05) is 0 Å². The van der Waals surface area contributed by atoms with Crippen molar-refractivity contribution in [2.75, 3.05) is 33.7 Å². The molecule has 0 unspecified atom stereocenters. The van der Waals surface area contributed by atoms with Crippen LogP contribution in [0.3, 0.4) is 0 Å². The second-order valence-corrected chi connectivity index (χ2v) is 6.43. The van der Waals surface area contributed by atoms with Gasteiger partial charge in [0, 0.05) is 32.2 Å². The average Bonchev–Trinajstić information content (AvgIpc) is 2.85. The normalized spacial score (nSPS) is 20.6. The van der Waals surface area contributed by atoms with Crippen LogP contribution in [-0.4, -0.2) is 61.4 Å². The van der Waals surface area contributed by atoms with Gasteiger partial charge in [0.1, 0.15) is 12.4 Å². The Labute approximate surface area is 127 Å². The molecule has 21 heavy (non-hydrogen) atoms. The van der Waals surface area contributed by atoms with Crippen molar-refractivity contribution < 1.29 is 24.1 Å². The molecule has 1 rings (SSSR count). The SMILES string of the molecule is COCOC[C@@H](CCO)[C@@H]1CCCN1C(=O)OC(C)(C)C. The number of hydrogen-bond acceptors (Lipinski definition) is 5. The number of hydrogen-bond donors (Lipinski definition) is 1. The fraction of sp³-hybridized carbons (Fsp3) is 0.933. The Kier molecular flexibility index (Phi) is 7.42. The Morgan fingerprint density at radius 2 is 2.14 bits per heavy atom.